The van der Waals surface area contributed by atoms with Gasteiger partial charge in [-0.25, -0.2) is 9.59 Å². The van der Waals surface area contributed by atoms with Gasteiger partial charge in [0.25, 0.3) is 0 Å². The topological polar surface area (TPSA) is 138 Å². The van der Waals surface area contributed by atoms with Gasteiger partial charge in [-0.05, 0) is 24.9 Å². The number of hydrogen-bond donors (Lipinski definition) is 3. The molecule has 0 bridgehead atoms. The SMILES string of the molecule is CSCC[C@H](N)C(=O)OC(=O)[C@@H](N)CCC(N)=O. The van der Waals surface area contributed by atoms with Crippen LogP contribution in [0.15, 0.2) is 0 Å². The van der Waals surface area contributed by atoms with E-state index in [4.69, 9.17) is 17.2 Å². The van der Waals surface area contributed by atoms with Crippen molar-refractivity contribution in [2.45, 2.75) is 31.3 Å². The first-order chi connectivity index (χ1) is 8.38. The van der Waals surface area contributed by atoms with Gasteiger partial charge in [-0.1, -0.05) is 0 Å². The number of carbonyl (C=O) groups is 3. The monoisotopic (exact) mass is 277 g/mol. The van der Waals surface area contributed by atoms with Crippen molar-refractivity contribution in [2.75, 3.05) is 12.0 Å². The molecule has 0 unspecified atom stereocenters. The molecular formula is C10H19N3O4S. The summed E-state index contributed by atoms with van der Waals surface area (Å²) in [6.07, 6.45) is 2.30. The summed E-state index contributed by atoms with van der Waals surface area (Å²) in [5, 5.41) is 0. The minimum Gasteiger partial charge on any atom is -0.391 e. The lowest BCUT2D eigenvalue weighted by Gasteiger charge is -2.12. The van der Waals surface area contributed by atoms with Crippen molar-refractivity contribution >= 4 is 29.6 Å². The van der Waals surface area contributed by atoms with Crippen LogP contribution < -0.4 is 17.2 Å². The summed E-state index contributed by atoms with van der Waals surface area (Å²) >= 11 is 1.54. The Morgan fingerprint density at radius 2 is 1.61 bits per heavy atom. The number of hydrogen-bond acceptors (Lipinski definition) is 7. The number of primary amides is 1. The van der Waals surface area contributed by atoms with Crippen molar-refractivity contribution in [2.24, 2.45) is 17.2 Å². The molecule has 0 aromatic rings. The Morgan fingerprint density at radius 1 is 1.11 bits per heavy atom. The van der Waals surface area contributed by atoms with E-state index >= 15 is 0 Å². The molecule has 0 spiro atoms. The maximum absolute atomic E-state index is 11.4. The smallest absolute Gasteiger partial charge is 0.330 e. The maximum atomic E-state index is 11.4. The highest BCUT2D eigenvalue weighted by atomic mass is 32.2. The first-order valence-corrected chi connectivity index (χ1v) is 6.81. The number of ether oxygens (including phenoxy) is 1. The fourth-order valence-electron chi connectivity index (χ4n) is 1.03. The zero-order valence-electron chi connectivity index (χ0n) is 10.3. The Labute approximate surface area is 110 Å². The number of nitrogens with two attached hydrogens (primary N) is 3. The highest BCUT2D eigenvalue weighted by molar-refractivity contribution is 7.98. The van der Waals surface area contributed by atoms with Crippen LogP contribution in [0.4, 0.5) is 0 Å². The predicted octanol–water partition coefficient (Wildman–Crippen LogP) is -1.27. The Hall–Kier alpha value is -1.12. The molecule has 0 fully saturated rings. The van der Waals surface area contributed by atoms with E-state index in [0.717, 1.165) is 0 Å². The van der Waals surface area contributed by atoms with E-state index in [-0.39, 0.29) is 12.8 Å². The molecule has 0 aromatic heterocycles. The second kappa shape index (κ2) is 8.90. The highest BCUT2D eigenvalue weighted by Gasteiger charge is 2.23. The second-order valence-electron chi connectivity index (χ2n) is 3.74. The molecule has 0 radical (unpaired) electrons. The number of esters is 2. The molecule has 18 heavy (non-hydrogen) atoms. The van der Waals surface area contributed by atoms with E-state index in [1.807, 2.05) is 6.26 Å². The molecule has 0 rings (SSSR count). The Bertz CT molecular complexity index is 311. The number of carbonyl (C=O) groups excluding carboxylic acids is 3. The minimum atomic E-state index is -1.05. The summed E-state index contributed by atoms with van der Waals surface area (Å²) in [7, 11) is 0. The molecule has 0 saturated heterocycles. The van der Waals surface area contributed by atoms with Crippen LogP contribution in [0.3, 0.4) is 0 Å². The molecule has 0 aliphatic carbocycles. The van der Waals surface area contributed by atoms with Gasteiger partial charge in [0.1, 0.15) is 12.1 Å². The van der Waals surface area contributed by atoms with Crippen LogP contribution in [0.5, 0.6) is 0 Å². The van der Waals surface area contributed by atoms with E-state index in [9.17, 15) is 14.4 Å². The van der Waals surface area contributed by atoms with Crippen LogP contribution in [-0.2, 0) is 19.1 Å². The van der Waals surface area contributed by atoms with Crippen LogP contribution in [0.25, 0.3) is 0 Å². The third-order valence-electron chi connectivity index (χ3n) is 2.14. The lowest BCUT2D eigenvalue weighted by Crippen LogP contribution is -2.40. The second-order valence-corrected chi connectivity index (χ2v) is 4.73. The van der Waals surface area contributed by atoms with E-state index in [1.165, 1.54) is 11.8 Å². The molecular weight excluding hydrogens is 258 g/mol. The average Bonchev–Trinajstić information content (AvgIpc) is 2.32. The summed E-state index contributed by atoms with van der Waals surface area (Å²) in [5.74, 6) is -1.57. The van der Waals surface area contributed by atoms with Gasteiger partial charge in [-0.15, -0.1) is 0 Å². The van der Waals surface area contributed by atoms with Gasteiger partial charge in [0.2, 0.25) is 5.91 Å². The lowest BCUT2D eigenvalue weighted by molar-refractivity contribution is -0.161. The maximum Gasteiger partial charge on any atom is 0.330 e. The molecule has 0 aromatic carbocycles. The van der Waals surface area contributed by atoms with Crippen molar-refractivity contribution in [1.82, 2.24) is 0 Å². The zero-order chi connectivity index (χ0) is 14.1. The predicted molar refractivity (Wildman–Crippen MR) is 68.5 cm³/mol. The summed E-state index contributed by atoms with van der Waals surface area (Å²) in [4.78, 5) is 33.2. The minimum absolute atomic E-state index is 0.0387. The van der Waals surface area contributed by atoms with E-state index in [2.05, 4.69) is 4.74 Å². The van der Waals surface area contributed by atoms with Crippen molar-refractivity contribution in [1.29, 1.82) is 0 Å². The van der Waals surface area contributed by atoms with Crippen LogP contribution in [-0.4, -0.2) is 41.9 Å². The van der Waals surface area contributed by atoms with Gasteiger partial charge in [0.15, 0.2) is 0 Å². The molecule has 104 valence electrons. The third-order valence-corrected chi connectivity index (χ3v) is 2.79. The fraction of sp³-hybridized carbons (Fsp3) is 0.700. The highest BCUT2D eigenvalue weighted by Crippen LogP contribution is 2.02. The van der Waals surface area contributed by atoms with E-state index in [0.29, 0.717) is 12.2 Å². The van der Waals surface area contributed by atoms with Crippen LogP contribution in [0.2, 0.25) is 0 Å². The standard InChI is InChI=1S/C10H19N3O4S/c1-18-5-4-7(12)10(16)17-9(15)6(11)2-3-8(13)14/h6-7H,2-5,11-12H2,1H3,(H2,13,14)/t6-,7-/m0/s1. The lowest BCUT2D eigenvalue weighted by atomic mass is 10.1. The van der Waals surface area contributed by atoms with Gasteiger partial charge in [0, 0.05) is 6.42 Å². The summed E-state index contributed by atoms with van der Waals surface area (Å²) in [6, 6.07) is -1.89. The largest absolute Gasteiger partial charge is 0.391 e. The molecule has 1 amide bonds. The molecule has 0 saturated carbocycles. The molecule has 2 atom stereocenters. The van der Waals surface area contributed by atoms with Gasteiger partial charge >= 0.3 is 11.9 Å². The van der Waals surface area contributed by atoms with Gasteiger partial charge in [0.05, 0.1) is 0 Å². The Morgan fingerprint density at radius 3 is 2.06 bits per heavy atom. The Balaban J connectivity index is 4.05. The molecule has 7 nitrogen and oxygen atoms in total. The summed E-state index contributed by atoms with van der Waals surface area (Å²) in [6.45, 7) is 0. The van der Waals surface area contributed by atoms with E-state index < -0.39 is 29.9 Å². The number of thioether (sulfide) groups is 1. The first-order valence-electron chi connectivity index (χ1n) is 5.42. The molecule has 0 aliphatic heterocycles. The van der Waals surface area contributed by atoms with E-state index in [1.54, 1.807) is 0 Å². The van der Waals surface area contributed by atoms with Gasteiger partial charge in [-0.3, -0.25) is 4.79 Å². The summed E-state index contributed by atoms with van der Waals surface area (Å²) < 4.78 is 4.51. The van der Waals surface area contributed by atoms with Crippen molar-refractivity contribution in [3.63, 3.8) is 0 Å². The van der Waals surface area contributed by atoms with Gasteiger partial charge < -0.3 is 21.9 Å². The molecule has 8 heteroatoms. The van der Waals surface area contributed by atoms with Crippen LogP contribution in [0.1, 0.15) is 19.3 Å². The number of rotatable bonds is 8. The van der Waals surface area contributed by atoms with Crippen molar-refractivity contribution in [3.8, 4) is 0 Å². The first kappa shape index (κ1) is 16.9. The zero-order valence-corrected chi connectivity index (χ0v) is 11.1. The Kier molecular flexibility index (Phi) is 8.34. The third kappa shape index (κ3) is 7.25. The number of amides is 1. The fourth-order valence-corrected chi connectivity index (χ4v) is 1.52. The molecule has 0 heterocycles. The normalized spacial score (nSPS) is 13.7. The quantitative estimate of drug-likeness (QED) is 0.371. The average molecular weight is 277 g/mol. The molecule has 6 N–H and O–H groups in total. The molecule has 0 aliphatic rings. The van der Waals surface area contributed by atoms with Crippen molar-refractivity contribution in [3.05, 3.63) is 0 Å². The summed E-state index contributed by atoms with van der Waals surface area (Å²) in [5.41, 5.74) is 15.9. The van der Waals surface area contributed by atoms with Crippen LogP contribution in [0, 0.1) is 0 Å². The van der Waals surface area contributed by atoms with Crippen LogP contribution >= 0.6 is 11.8 Å². The van der Waals surface area contributed by atoms with Crippen molar-refractivity contribution < 1.29 is 19.1 Å². The van der Waals surface area contributed by atoms with Gasteiger partial charge in [-0.2, -0.15) is 11.8 Å².